The summed E-state index contributed by atoms with van der Waals surface area (Å²) < 4.78 is 30.8. The summed E-state index contributed by atoms with van der Waals surface area (Å²) in [6, 6.07) is 9.46. The maximum Gasteiger partial charge on any atom is 0.212 e. The van der Waals surface area contributed by atoms with Gasteiger partial charge in [0.25, 0.3) is 0 Å². The summed E-state index contributed by atoms with van der Waals surface area (Å²) in [5.41, 5.74) is 0.977. The summed E-state index contributed by atoms with van der Waals surface area (Å²) >= 11 is 0. The van der Waals surface area contributed by atoms with Gasteiger partial charge < -0.3 is 9.84 Å². The van der Waals surface area contributed by atoms with Crippen LogP contribution in [0.25, 0.3) is 0 Å². The number of hydrogen-bond donors (Lipinski definition) is 2. The molecule has 2 atom stereocenters. The number of ether oxygens (including phenoxy) is 1. The zero-order valence-corrected chi connectivity index (χ0v) is 12.1. The highest BCUT2D eigenvalue weighted by Crippen LogP contribution is 2.16. The Morgan fingerprint density at radius 3 is 2.53 bits per heavy atom. The maximum atomic E-state index is 11.9. The molecule has 0 heterocycles. The highest BCUT2D eigenvalue weighted by atomic mass is 32.2. The third-order valence-corrected chi connectivity index (χ3v) is 4.28. The first-order valence-electron chi connectivity index (χ1n) is 6.14. The number of aliphatic hydroxyl groups excluding tert-OH is 1. The molecule has 0 bridgehead atoms. The van der Waals surface area contributed by atoms with E-state index >= 15 is 0 Å². The largest absolute Gasteiger partial charge is 0.389 e. The Morgan fingerprint density at radius 2 is 1.95 bits per heavy atom. The second-order valence-corrected chi connectivity index (χ2v) is 6.40. The minimum Gasteiger partial charge on any atom is -0.389 e. The number of hydrogen-bond acceptors (Lipinski definition) is 4. The lowest BCUT2D eigenvalue weighted by Crippen LogP contribution is -2.36. The predicted octanol–water partition coefficient (Wildman–Crippen LogP) is 0.717. The molecular weight excluding hydrogens is 266 g/mol. The van der Waals surface area contributed by atoms with E-state index in [1.807, 2.05) is 37.3 Å². The number of benzene rings is 1. The SMILES string of the molecule is COCC(O)CNS(=O)(=O)CC(C)c1ccccc1. The second kappa shape index (κ2) is 7.59. The highest BCUT2D eigenvalue weighted by molar-refractivity contribution is 7.89. The van der Waals surface area contributed by atoms with Crippen LogP contribution in [0.3, 0.4) is 0 Å². The molecule has 0 aliphatic rings. The van der Waals surface area contributed by atoms with Gasteiger partial charge in [0, 0.05) is 13.7 Å². The molecule has 2 N–H and O–H groups in total. The molecule has 0 spiro atoms. The van der Waals surface area contributed by atoms with E-state index in [0.29, 0.717) is 0 Å². The fraction of sp³-hybridized carbons (Fsp3) is 0.538. The molecule has 6 heteroatoms. The van der Waals surface area contributed by atoms with Crippen molar-refractivity contribution in [3.63, 3.8) is 0 Å². The highest BCUT2D eigenvalue weighted by Gasteiger charge is 2.18. The first-order valence-corrected chi connectivity index (χ1v) is 7.79. The van der Waals surface area contributed by atoms with Crippen LogP contribution in [-0.4, -0.2) is 45.6 Å². The van der Waals surface area contributed by atoms with E-state index in [0.717, 1.165) is 5.56 Å². The first-order chi connectivity index (χ1) is 8.94. The molecule has 1 aromatic carbocycles. The molecule has 1 rings (SSSR count). The summed E-state index contributed by atoms with van der Waals surface area (Å²) in [6.45, 7) is 1.94. The smallest absolute Gasteiger partial charge is 0.212 e. The average molecular weight is 287 g/mol. The van der Waals surface area contributed by atoms with Crippen LogP contribution in [0.1, 0.15) is 18.4 Å². The van der Waals surface area contributed by atoms with Crippen molar-refractivity contribution in [1.29, 1.82) is 0 Å². The second-order valence-electron chi connectivity index (χ2n) is 4.55. The number of nitrogens with one attached hydrogen (secondary N) is 1. The van der Waals surface area contributed by atoms with E-state index in [1.54, 1.807) is 0 Å². The van der Waals surface area contributed by atoms with Gasteiger partial charge in [0.15, 0.2) is 0 Å². The van der Waals surface area contributed by atoms with Crippen molar-refractivity contribution >= 4 is 10.0 Å². The first kappa shape index (κ1) is 16.1. The van der Waals surface area contributed by atoms with Gasteiger partial charge in [-0.1, -0.05) is 37.3 Å². The van der Waals surface area contributed by atoms with E-state index < -0.39 is 16.1 Å². The van der Waals surface area contributed by atoms with Crippen molar-refractivity contribution < 1.29 is 18.3 Å². The molecule has 5 nitrogen and oxygen atoms in total. The molecule has 0 aliphatic heterocycles. The minimum atomic E-state index is -3.41. The molecular formula is C13H21NO4S. The Labute approximate surface area is 114 Å². The quantitative estimate of drug-likeness (QED) is 0.738. The topological polar surface area (TPSA) is 75.6 Å². The normalized spacial score (nSPS) is 15.1. The van der Waals surface area contributed by atoms with Crippen LogP contribution in [0.15, 0.2) is 30.3 Å². The van der Waals surface area contributed by atoms with Crippen LogP contribution in [0.5, 0.6) is 0 Å². The van der Waals surface area contributed by atoms with Gasteiger partial charge in [0.05, 0.1) is 18.5 Å². The van der Waals surface area contributed by atoms with Gasteiger partial charge in [0.1, 0.15) is 0 Å². The van der Waals surface area contributed by atoms with E-state index in [-0.39, 0.29) is 24.8 Å². The van der Waals surface area contributed by atoms with Crippen molar-refractivity contribution in [3.8, 4) is 0 Å². The Hall–Kier alpha value is -0.950. The van der Waals surface area contributed by atoms with Crippen molar-refractivity contribution in [3.05, 3.63) is 35.9 Å². The van der Waals surface area contributed by atoms with Crippen LogP contribution in [-0.2, 0) is 14.8 Å². The van der Waals surface area contributed by atoms with Crippen LogP contribution in [0.2, 0.25) is 0 Å². The molecule has 108 valence electrons. The lowest BCUT2D eigenvalue weighted by atomic mass is 10.0. The number of sulfonamides is 1. The average Bonchev–Trinajstić information content (AvgIpc) is 2.37. The maximum absolute atomic E-state index is 11.9. The van der Waals surface area contributed by atoms with E-state index in [1.165, 1.54) is 7.11 Å². The summed E-state index contributed by atoms with van der Waals surface area (Å²) in [5.74, 6) is -0.102. The monoisotopic (exact) mass is 287 g/mol. The third kappa shape index (κ3) is 6.15. The van der Waals surface area contributed by atoms with Gasteiger partial charge in [-0.2, -0.15) is 0 Å². The van der Waals surface area contributed by atoms with Crippen LogP contribution in [0, 0.1) is 0 Å². The van der Waals surface area contributed by atoms with Gasteiger partial charge in [-0.15, -0.1) is 0 Å². The number of aliphatic hydroxyl groups is 1. The standard InChI is InChI=1S/C13H21NO4S/c1-11(12-6-4-3-5-7-12)10-19(16,17)14-8-13(15)9-18-2/h3-7,11,13-15H,8-10H2,1-2H3. The van der Waals surface area contributed by atoms with Gasteiger partial charge in [-0.3, -0.25) is 0 Å². The van der Waals surface area contributed by atoms with Crippen molar-refractivity contribution in [2.75, 3.05) is 26.0 Å². The van der Waals surface area contributed by atoms with E-state index in [4.69, 9.17) is 4.74 Å². The number of rotatable bonds is 8. The third-order valence-electron chi connectivity index (χ3n) is 2.74. The zero-order chi connectivity index (χ0) is 14.3. The molecule has 0 fully saturated rings. The summed E-state index contributed by atoms with van der Waals surface area (Å²) in [5, 5.41) is 9.41. The lowest BCUT2D eigenvalue weighted by Gasteiger charge is -2.15. The Balaban J connectivity index is 2.50. The molecule has 0 saturated carbocycles. The minimum absolute atomic E-state index is 0.00326. The molecule has 19 heavy (non-hydrogen) atoms. The molecule has 0 amide bonds. The van der Waals surface area contributed by atoms with Gasteiger partial charge in [-0.25, -0.2) is 13.1 Å². The lowest BCUT2D eigenvalue weighted by molar-refractivity contribution is 0.0679. The summed E-state index contributed by atoms with van der Waals surface area (Å²) in [6.07, 6.45) is -0.827. The van der Waals surface area contributed by atoms with Crippen LogP contribution in [0.4, 0.5) is 0 Å². The molecule has 0 aromatic heterocycles. The molecule has 0 radical (unpaired) electrons. The fourth-order valence-corrected chi connectivity index (χ4v) is 3.16. The summed E-state index contributed by atoms with van der Waals surface area (Å²) in [4.78, 5) is 0. The number of methoxy groups -OCH3 is 1. The predicted molar refractivity (Wildman–Crippen MR) is 74.5 cm³/mol. The van der Waals surface area contributed by atoms with Crippen LogP contribution >= 0.6 is 0 Å². The van der Waals surface area contributed by atoms with Gasteiger partial charge in [-0.05, 0) is 11.5 Å². The van der Waals surface area contributed by atoms with Gasteiger partial charge in [0.2, 0.25) is 10.0 Å². The molecule has 1 aromatic rings. The van der Waals surface area contributed by atoms with Crippen molar-refractivity contribution in [2.24, 2.45) is 0 Å². The molecule has 0 aliphatic carbocycles. The zero-order valence-electron chi connectivity index (χ0n) is 11.2. The molecule has 0 saturated heterocycles. The fourth-order valence-electron chi connectivity index (χ4n) is 1.74. The van der Waals surface area contributed by atoms with E-state index in [2.05, 4.69) is 4.72 Å². The van der Waals surface area contributed by atoms with E-state index in [9.17, 15) is 13.5 Å². The van der Waals surface area contributed by atoms with Crippen molar-refractivity contribution in [2.45, 2.75) is 18.9 Å². The van der Waals surface area contributed by atoms with Crippen LogP contribution < -0.4 is 4.72 Å². The summed E-state index contributed by atoms with van der Waals surface area (Å²) in [7, 11) is -1.95. The molecule has 2 unspecified atom stereocenters. The Kier molecular flexibility index (Phi) is 6.44. The van der Waals surface area contributed by atoms with Crippen molar-refractivity contribution in [1.82, 2.24) is 4.72 Å². The Morgan fingerprint density at radius 1 is 1.32 bits per heavy atom. The van der Waals surface area contributed by atoms with Gasteiger partial charge >= 0.3 is 0 Å². The Bertz CT molecular complexity index is 461.